The van der Waals surface area contributed by atoms with Crippen LogP contribution in [0.1, 0.15) is 5.56 Å². The molecule has 92 valence electrons. The summed E-state index contributed by atoms with van der Waals surface area (Å²) in [6, 6.07) is 1.46. The lowest BCUT2D eigenvalue weighted by Crippen LogP contribution is -2.53. The third kappa shape index (κ3) is 2.42. The first-order chi connectivity index (χ1) is 8.11. The molecule has 0 radical (unpaired) electrons. The molecular weight excluding hydrogens is 286 g/mol. The molecule has 0 saturated carbocycles. The normalized spacial score (nSPS) is 20.4. The van der Waals surface area contributed by atoms with E-state index in [1.165, 1.54) is 0 Å². The molecule has 1 aromatic rings. The van der Waals surface area contributed by atoms with Crippen molar-refractivity contribution in [1.82, 2.24) is 4.98 Å². The minimum absolute atomic E-state index is 0.317. The van der Waals surface area contributed by atoms with Gasteiger partial charge < -0.3 is 15.4 Å². The highest BCUT2D eigenvalue weighted by molar-refractivity contribution is 9.10. The van der Waals surface area contributed by atoms with Gasteiger partial charge in [-0.1, -0.05) is 0 Å². The van der Waals surface area contributed by atoms with Crippen LogP contribution in [0.5, 0.6) is 0 Å². The van der Waals surface area contributed by atoms with Crippen molar-refractivity contribution in [3.63, 3.8) is 0 Å². The summed E-state index contributed by atoms with van der Waals surface area (Å²) in [5.41, 5.74) is 6.45. The summed E-state index contributed by atoms with van der Waals surface area (Å²) in [6.07, 6.45) is 1.73. The lowest BCUT2D eigenvalue weighted by Gasteiger charge is -2.35. The second-order valence-corrected chi connectivity index (χ2v) is 4.74. The zero-order valence-electron chi connectivity index (χ0n) is 9.52. The molecule has 2 rings (SSSR count). The molecule has 5 nitrogen and oxygen atoms in total. The molecule has 2 N–H and O–H groups in total. The Hall–Kier alpha value is -1.14. The lowest BCUT2D eigenvalue weighted by molar-refractivity contribution is -0.121. The maximum Gasteiger partial charge on any atom is 0.242 e. The van der Waals surface area contributed by atoms with Gasteiger partial charge in [0.2, 0.25) is 5.91 Å². The number of carbonyl (C=O) groups excluding carboxylic acids is 1. The number of aryl methyl sites for hydroxylation is 1. The smallest absolute Gasteiger partial charge is 0.242 e. The van der Waals surface area contributed by atoms with E-state index in [0.29, 0.717) is 19.8 Å². The fourth-order valence-electron chi connectivity index (χ4n) is 1.82. The number of hydrogen-bond donors (Lipinski definition) is 1. The Kier molecular flexibility index (Phi) is 3.63. The molecule has 0 spiro atoms. The molecule has 1 unspecified atom stereocenters. The van der Waals surface area contributed by atoms with Crippen LogP contribution in [0.25, 0.3) is 0 Å². The van der Waals surface area contributed by atoms with E-state index in [9.17, 15) is 4.79 Å². The predicted octanol–water partition coefficient (Wildman–Crippen LogP) is 0.843. The number of halogens is 1. The Labute approximate surface area is 108 Å². The van der Waals surface area contributed by atoms with Gasteiger partial charge in [-0.3, -0.25) is 4.79 Å². The maximum absolute atomic E-state index is 11.4. The van der Waals surface area contributed by atoms with Gasteiger partial charge in [-0.15, -0.1) is 0 Å². The van der Waals surface area contributed by atoms with Crippen molar-refractivity contribution in [2.24, 2.45) is 5.73 Å². The number of primary amides is 1. The number of pyridine rings is 1. The Morgan fingerprint density at radius 2 is 2.47 bits per heavy atom. The summed E-state index contributed by atoms with van der Waals surface area (Å²) in [5.74, 6) is 0.358. The van der Waals surface area contributed by atoms with Crippen LogP contribution in [0.2, 0.25) is 0 Å². The molecule has 1 atom stereocenters. The molecule has 0 aliphatic carbocycles. The van der Waals surface area contributed by atoms with E-state index < -0.39 is 6.04 Å². The highest BCUT2D eigenvalue weighted by Gasteiger charge is 2.30. The largest absolute Gasteiger partial charge is 0.377 e. The Bertz CT molecular complexity index is 439. The zero-order valence-corrected chi connectivity index (χ0v) is 11.1. The van der Waals surface area contributed by atoms with Crippen molar-refractivity contribution in [1.29, 1.82) is 0 Å². The minimum atomic E-state index is -0.450. The molecule has 1 fully saturated rings. The van der Waals surface area contributed by atoms with Gasteiger partial charge in [0.05, 0.1) is 17.7 Å². The lowest BCUT2D eigenvalue weighted by atomic mass is 10.2. The first-order valence-electron chi connectivity index (χ1n) is 5.36. The van der Waals surface area contributed by atoms with E-state index in [1.807, 2.05) is 17.9 Å². The number of amides is 1. The zero-order chi connectivity index (χ0) is 12.4. The minimum Gasteiger partial charge on any atom is -0.377 e. The molecular formula is C11H14BrN3O2. The second-order valence-electron chi connectivity index (χ2n) is 3.95. The Balaban J connectivity index is 2.36. The van der Waals surface area contributed by atoms with Gasteiger partial charge in [-0.05, 0) is 34.5 Å². The average molecular weight is 300 g/mol. The quantitative estimate of drug-likeness (QED) is 0.879. The molecule has 1 aliphatic rings. The number of rotatable bonds is 2. The number of carbonyl (C=O) groups is 1. The molecule has 0 bridgehead atoms. The SMILES string of the molecule is Cc1ccnc(N2CCOCC2C(N)=O)c1Br. The number of anilines is 1. The predicted molar refractivity (Wildman–Crippen MR) is 67.8 cm³/mol. The number of morpholine rings is 1. The van der Waals surface area contributed by atoms with Crippen LogP contribution in [0.4, 0.5) is 5.82 Å². The highest BCUT2D eigenvalue weighted by Crippen LogP contribution is 2.29. The van der Waals surface area contributed by atoms with Crippen LogP contribution in [0.15, 0.2) is 16.7 Å². The molecule has 1 aliphatic heterocycles. The average Bonchev–Trinajstić information content (AvgIpc) is 2.33. The van der Waals surface area contributed by atoms with E-state index in [-0.39, 0.29) is 5.91 Å². The number of aromatic nitrogens is 1. The standard InChI is InChI=1S/C11H14BrN3O2/c1-7-2-3-14-11(9(7)12)15-4-5-17-6-8(15)10(13)16/h2-3,8H,4-6H2,1H3,(H2,13,16). The van der Waals surface area contributed by atoms with Gasteiger partial charge in [-0.2, -0.15) is 0 Å². The number of nitrogens with zero attached hydrogens (tertiary/aromatic N) is 2. The molecule has 1 amide bonds. The van der Waals surface area contributed by atoms with Crippen LogP contribution in [-0.2, 0) is 9.53 Å². The van der Waals surface area contributed by atoms with E-state index >= 15 is 0 Å². The van der Waals surface area contributed by atoms with Crippen molar-refractivity contribution in [3.05, 3.63) is 22.3 Å². The van der Waals surface area contributed by atoms with Gasteiger partial charge >= 0.3 is 0 Å². The van der Waals surface area contributed by atoms with Crippen LogP contribution < -0.4 is 10.6 Å². The second kappa shape index (κ2) is 5.01. The van der Waals surface area contributed by atoms with Gasteiger partial charge in [0.15, 0.2) is 0 Å². The van der Waals surface area contributed by atoms with Crippen LogP contribution >= 0.6 is 15.9 Å². The summed E-state index contributed by atoms with van der Waals surface area (Å²) in [5, 5.41) is 0. The monoisotopic (exact) mass is 299 g/mol. The van der Waals surface area contributed by atoms with Crippen molar-refractivity contribution in [3.8, 4) is 0 Å². The third-order valence-electron chi connectivity index (χ3n) is 2.79. The van der Waals surface area contributed by atoms with E-state index in [0.717, 1.165) is 15.9 Å². The fraction of sp³-hybridized carbons (Fsp3) is 0.455. The van der Waals surface area contributed by atoms with E-state index in [1.54, 1.807) is 6.20 Å². The van der Waals surface area contributed by atoms with Gasteiger partial charge in [0.25, 0.3) is 0 Å². The molecule has 17 heavy (non-hydrogen) atoms. The van der Waals surface area contributed by atoms with Crippen LogP contribution in [-0.4, -0.2) is 36.7 Å². The van der Waals surface area contributed by atoms with Crippen molar-refractivity contribution < 1.29 is 9.53 Å². The van der Waals surface area contributed by atoms with Gasteiger partial charge in [0.1, 0.15) is 11.9 Å². The Morgan fingerprint density at radius 3 is 3.18 bits per heavy atom. The summed E-state index contributed by atoms with van der Waals surface area (Å²) >= 11 is 3.50. The van der Waals surface area contributed by atoms with E-state index in [2.05, 4.69) is 20.9 Å². The van der Waals surface area contributed by atoms with Gasteiger partial charge in [-0.25, -0.2) is 4.98 Å². The topological polar surface area (TPSA) is 68.5 Å². The summed E-state index contributed by atoms with van der Waals surface area (Å²) in [4.78, 5) is 17.6. The van der Waals surface area contributed by atoms with Crippen molar-refractivity contribution in [2.75, 3.05) is 24.7 Å². The number of nitrogens with two attached hydrogens (primary N) is 1. The summed E-state index contributed by atoms with van der Waals surface area (Å²) < 4.78 is 6.18. The molecule has 6 heteroatoms. The molecule has 2 heterocycles. The highest BCUT2D eigenvalue weighted by atomic mass is 79.9. The van der Waals surface area contributed by atoms with Crippen LogP contribution in [0, 0.1) is 6.92 Å². The molecule has 0 aromatic carbocycles. The first-order valence-corrected chi connectivity index (χ1v) is 6.15. The number of ether oxygens (including phenoxy) is 1. The summed E-state index contributed by atoms with van der Waals surface area (Å²) in [7, 11) is 0. The fourth-order valence-corrected chi connectivity index (χ4v) is 2.28. The van der Waals surface area contributed by atoms with Crippen molar-refractivity contribution in [2.45, 2.75) is 13.0 Å². The number of hydrogen-bond acceptors (Lipinski definition) is 4. The summed E-state index contributed by atoms with van der Waals surface area (Å²) in [6.45, 7) is 3.49. The van der Waals surface area contributed by atoms with Crippen LogP contribution in [0.3, 0.4) is 0 Å². The first kappa shape index (κ1) is 12.3. The molecule has 1 saturated heterocycles. The molecule has 1 aromatic heterocycles. The third-order valence-corrected chi connectivity index (χ3v) is 3.77. The Morgan fingerprint density at radius 1 is 1.71 bits per heavy atom. The van der Waals surface area contributed by atoms with E-state index in [4.69, 9.17) is 10.5 Å². The van der Waals surface area contributed by atoms with Gasteiger partial charge in [0, 0.05) is 12.7 Å². The van der Waals surface area contributed by atoms with Crippen molar-refractivity contribution >= 4 is 27.7 Å². The maximum atomic E-state index is 11.4.